The largest absolute Gasteiger partial charge is 0.487 e. The maximum atomic E-state index is 5.82. The Labute approximate surface area is 104 Å². The highest BCUT2D eigenvalue weighted by atomic mass is 16.5. The molecule has 2 atom stereocenters. The quantitative estimate of drug-likeness (QED) is 0.768. The Hall–Kier alpha value is -1.38. The number of hydrogen-bond donors (Lipinski definition) is 1. The molecule has 0 aliphatic heterocycles. The maximum absolute atomic E-state index is 5.82. The Kier molecular flexibility index (Phi) is 5.13. The molecule has 0 saturated heterocycles. The van der Waals surface area contributed by atoms with Crippen molar-refractivity contribution in [1.29, 1.82) is 0 Å². The second kappa shape index (κ2) is 6.38. The number of benzene rings is 1. The van der Waals surface area contributed by atoms with Crippen LogP contribution in [0.15, 0.2) is 18.2 Å². The SMILES string of the molecule is CCC(C)Oc1ccc(N)cc1OC(C)CC. The summed E-state index contributed by atoms with van der Waals surface area (Å²) in [5.41, 5.74) is 6.47. The predicted molar refractivity (Wildman–Crippen MR) is 71.6 cm³/mol. The van der Waals surface area contributed by atoms with Gasteiger partial charge in [-0.05, 0) is 38.8 Å². The van der Waals surface area contributed by atoms with Crippen LogP contribution in [0.3, 0.4) is 0 Å². The molecule has 2 unspecified atom stereocenters. The van der Waals surface area contributed by atoms with E-state index in [4.69, 9.17) is 15.2 Å². The molecule has 0 bridgehead atoms. The van der Waals surface area contributed by atoms with Crippen molar-refractivity contribution in [1.82, 2.24) is 0 Å². The Bertz CT molecular complexity index is 352. The molecule has 0 spiro atoms. The van der Waals surface area contributed by atoms with E-state index < -0.39 is 0 Å². The second-order valence-electron chi connectivity index (χ2n) is 4.38. The molecule has 2 N–H and O–H groups in total. The van der Waals surface area contributed by atoms with Crippen molar-refractivity contribution < 1.29 is 9.47 Å². The second-order valence-corrected chi connectivity index (χ2v) is 4.38. The molecule has 0 aromatic heterocycles. The van der Waals surface area contributed by atoms with Crippen molar-refractivity contribution in [2.75, 3.05) is 5.73 Å². The molecule has 0 aliphatic carbocycles. The average Bonchev–Trinajstić information content (AvgIpc) is 2.32. The molecule has 0 saturated carbocycles. The van der Waals surface area contributed by atoms with E-state index >= 15 is 0 Å². The summed E-state index contributed by atoms with van der Waals surface area (Å²) in [6.07, 6.45) is 2.26. The summed E-state index contributed by atoms with van der Waals surface area (Å²) in [6.45, 7) is 8.27. The molecule has 0 fully saturated rings. The van der Waals surface area contributed by atoms with Crippen LogP contribution in [0.4, 0.5) is 5.69 Å². The number of anilines is 1. The van der Waals surface area contributed by atoms with Gasteiger partial charge < -0.3 is 15.2 Å². The highest BCUT2D eigenvalue weighted by Crippen LogP contribution is 2.31. The van der Waals surface area contributed by atoms with Crippen molar-refractivity contribution >= 4 is 5.69 Å². The van der Waals surface area contributed by atoms with E-state index in [9.17, 15) is 0 Å². The van der Waals surface area contributed by atoms with Crippen LogP contribution in [0.2, 0.25) is 0 Å². The number of ether oxygens (including phenoxy) is 2. The molecule has 0 aliphatic rings. The van der Waals surface area contributed by atoms with Crippen molar-refractivity contribution in [3.05, 3.63) is 18.2 Å². The van der Waals surface area contributed by atoms with Gasteiger partial charge in [0.05, 0.1) is 12.2 Å². The van der Waals surface area contributed by atoms with Crippen LogP contribution >= 0.6 is 0 Å². The van der Waals surface area contributed by atoms with Gasteiger partial charge >= 0.3 is 0 Å². The van der Waals surface area contributed by atoms with Gasteiger partial charge in [0, 0.05) is 11.8 Å². The standard InChI is InChI=1S/C14H23NO2/c1-5-10(3)16-13-8-7-12(15)9-14(13)17-11(4)6-2/h7-11H,5-6,15H2,1-4H3. The highest BCUT2D eigenvalue weighted by Gasteiger charge is 2.11. The first-order valence-electron chi connectivity index (χ1n) is 6.29. The third-order valence-corrected chi connectivity index (χ3v) is 2.77. The van der Waals surface area contributed by atoms with Gasteiger partial charge in [0.1, 0.15) is 0 Å². The fourth-order valence-electron chi connectivity index (χ4n) is 1.31. The van der Waals surface area contributed by atoms with Crippen LogP contribution in [0.5, 0.6) is 11.5 Å². The van der Waals surface area contributed by atoms with Crippen molar-refractivity contribution in [2.45, 2.75) is 52.7 Å². The summed E-state index contributed by atoms with van der Waals surface area (Å²) in [6, 6.07) is 5.53. The third-order valence-electron chi connectivity index (χ3n) is 2.77. The first-order chi connectivity index (χ1) is 8.06. The minimum atomic E-state index is 0.163. The molecule has 1 aromatic carbocycles. The maximum Gasteiger partial charge on any atom is 0.163 e. The molecule has 96 valence electrons. The Balaban J connectivity index is 2.87. The summed E-state index contributed by atoms with van der Waals surface area (Å²) in [5, 5.41) is 0. The van der Waals surface area contributed by atoms with Crippen LogP contribution in [-0.4, -0.2) is 12.2 Å². The number of rotatable bonds is 6. The molecule has 17 heavy (non-hydrogen) atoms. The molecule has 0 radical (unpaired) electrons. The van der Waals surface area contributed by atoms with E-state index in [2.05, 4.69) is 13.8 Å². The number of nitrogen functional groups attached to an aromatic ring is 1. The Morgan fingerprint density at radius 2 is 1.53 bits per heavy atom. The summed E-state index contributed by atoms with van der Waals surface area (Å²) >= 11 is 0. The van der Waals surface area contributed by atoms with Gasteiger partial charge in [-0.3, -0.25) is 0 Å². The first-order valence-corrected chi connectivity index (χ1v) is 6.29. The molecular weight excluding hydrogens is 214 g/mol. The summed E-state index contributed by atoms with van der Waals surface area (Å²) in [7, 11) is 0. The summed E-state index contributed by atoms with van der Waals surface area (Å²) in [4.78, 5) is 0. The van der Waals surface area contributed by atoms with E-state index in [0.717, 1.165) is 24.3 Å². The monoisotopic (exact) mass is 237 g/mol. The van der Waals surface area contributed by atoms with E-state index in [1.165, 1.54) is 0 Å². The lowest BCUT2D eigenvalue weighted by atomic mass is 10.2. The highest BCUT2D eigenvalue weighted by molar-refractivity contribution is 5.52. The molecule has 1 rings (SSSR count). The van der Waals surface area contributed by atoms with E-state index in [1.807, 2.05) is 32.0 Å². The minimum absolute atomic E-state index is 0.163. The fraction of sp³-hybridized carbons (Fsp3) is 0.571. The van der Waals surface area contributed by atoms with Crippen molar-refractivity contribution in [2.24, 2.45) is 0 Å². The number of hydrogen-bond acceptors (Lipinski definition) is 3. The van der Waals surface area contributed by atoms with Crippen molar-refractivity contribution in [3.63, 3.8) is 0 Å². The van der Waals surface area contributed by atoms with Gasteiger partial charge in [-0.15, -0.1) is 0 Å². The van der Waals surface area contributed by atoms with Gasteiger partial charge in [-0.25, -0.2) is 0 Å². The molecule has 0 amide bonds. The van der Waals surface area contributed by atoms with Gasteiger partial charge in [-0.2, -0.15) is 0 Å². The lowest BCUT2D eigenvalue weighted by Gasteiger charge is -2.19. The zero-order valence-electron chi connectivity index (χ0n) is 11.2. The van der Waals surface area contributed by atoms with Crippen LogP contribution in [0.1, 0.15) is 40.5 Å². The average molecular weight is 237 g/mol. The topological polar surface area (TPSA) is 44.5 Å². The van der Waals surface area contributed by atoms with Crippen LogP contribution in [0.25, 0.3) is 0 Å². The molecule has 3 nitrogen and oxygen atoms in total. The first kappa shape index (κ1) is 13.7. The van der Waals surface area contributed by atoms with Crippen molar-refractivity contribution in [3.8, 4) is 11.5 Å². The lowest BCUT2D eigenvalue weighted by Crippen LogP contribution is -2.14. The minimum Gasteiger partial charge on any atom is -0.487 e. The molecular formula is C14H23NO2. The van der Waals surface area contributed by atoms with Crippen LogP contribution in [-0.2, 0) is 0 Å². The fourth-order valence-corrected chi connectivity index (χ4v) is 1.31. The van der Waals surface area contributed by atoms with E-state index in [0.29, 0.717) is 5.69 Å². The predicted octanol–water partition coefficient (Wildman–Crippen LogP) is 3.62. The lowest BCUT2D eigenvalue weighted by molar-refractivity contribution is 0.177. The van der Waals surface area contributed by atoms with E-state index in [1.54, 1.807) is 0 Å². The van der Waals surface area contributed by atoms with E-state index in [-0.39, 0.29) is 12.2 Å². The summed E-state index contributed by atoms with van der Waals surface area (Å²) in [5.74, 6) is 1.51. The zero-order valence-corrected chi connectivity index (χ0v) is 11.2. The molecule has 0 heterocycles. The molecule has 3 heteroatoms. The Morgan fingerprint density at radius 3 is 2.06 bits per heavy atom. The zero-order chi connectivity index (χ0) is 12.8. The smallest absolute Gasteiger partial charge is 0.163 e. The van der Waals surface area contributed by atoms with Gasteiger partial charge in [0.25, 0.3) is 0 Å². The van der Waals surface area contributed by atoms with Gasteiger partial charge in [-0.1, -0.05) is 13.8 Å². The summed E-state index contributed by atoms with van der Waals surface area (Å²) < 4.78 is 11.6. The van der Waals surface area contributed by atoms with Crippen LogP contribution < -0.4 is 15.2 Å². The number of nitrogens with two attached hydrogens (primary N) is 1. The van der Waals surface area contributed by atoms with Crippen LogP contribution in [0, 0.1) is 0 Å². The third kappa shape index (κ3) is 4.17. The Morgan fingerprint density at radius 1 is 1.00 bits per heavy atom. The van der Waals surface area contributed by atoms with Gasteiger partial charge in [0.15, 0.2) is 11.5 Å². The molecule has 1 aromatic rings. The normalized spacial score (nSPS) is 14.1. The van der Waals surface area contributed by atoms with Gasteiger partial charge in [0.2, 0.25) is 0 Å².